The third-order valence-corrected chi connectivity index (χ3v) is 6.79. The van der Waals surface area contributed by atoms with E-state index < -0.39 is 11.6 Å². The van der Waals surface area contributed by atoms with E-state index in [-0.39, 0.29) is 11.5 Å². The molecule has 28 heavy (non-hydrogen) atoms. The first-order chi connectivity index (χ1) is 13.6. The fourth-order valence-electron chi connectivity index (χ4n) is 5.00. The molecule has 1 aromatic carbocycles. The van der Waals surface area contributed by atoms with E-state index in [1.54, 1.807) is 5.54 Å². The van der Waals surface area contributed by atoms with Crippen molar-refractivity contribution in [3.63, 3.8) is 0 Å². The van der Waals surface area contributed by atoms with E-state index in [1.165, 1.54) is 50.7 Å². The van der Waals surface area contributed by atoms with E-state index in [2.05, 4.69) is 17.9 Å². The van der Waals surface area contributed by atoms with Gasteiger partial charge in [-0.1, -0.05) is 42.9 Å². The predicted molar refractivity (Wildman–Crippen MR) is 113 cm³/mol. The van der Waals surface area contributed by atoms with Gasteiger partial charge in [-0.15, -0.1) is 0 Å². The standard InChI is InChI=1S/C25H31ClF2/c1-2-3-20-16-24(27)23(25(28)17-20)13-8-18-4-9-21(10-5-18)22-11-6-19(7-12-22)14-15-26/h14-19,21-22H,2-7,9-12H2,1H3/b15-14+/t18?,19-,21?,22-. The molecule has 2 saturated carbocycles. The molecule has 0 bridgehead atoms. The topological polar surface area (TPSA) is 0 Å². The Bertz CT molecular complexity index is 704. The van der Waals surface area contributed by atoms with Crippen molar-refractivity contribution in [3.8, 4) is 11.8 Å². The summed E-state index contributed by atoms with van der Waals surface area (Å²) in [6.07, 6.45) is 13.3. The summed E-state index contributed by atoms with van der Waals surface area (Å²) in [5, 5.41) is 0. The predicted octanol–water partition coefficient (Wildman–Crippen LogP) is 7.63. The van der Waals surface area contributed by atoms with Crippen LogP contribution >= 0.6 is 11.6 Å². The van der Waals surface area contributed by atoms with Gasteiger partial charge in [0.2, 0.25) is 0 Å². The summed E-state index contributed by atoms with van der Waals surface area (Å²) < 4.78 is 28.4. The Morgan fingerprint density at radius 3 is 2.07 bits per heavy atom. The summed E-state index contributed by atoms with van der Waals surface area (Å²) in [4.78, 5) is 0. The molecule has 152 valence electrons. The van der Waals surface area contributed by atoms with Crippen LogP contribution in [0.25, 0.3) is 0 Å². The molecule has 0 amide bonds. The molecule has 3 rings (SSSR count). The van der Waals surface area contributed by atoms with Gasteiger partial charge in [0.15, 0.2) is 0 Å². The maximum absolute atomic E-state index is 14.2. The number of hydrogen-bond acceptors (Lipinski definition) is 0. The van der Waals surface area contributed by atoms with Crippen molar-refractivity contribution < 1.29 is 8.78 Å². The molecular formula is C25H31ClF2. The first-order valence-corrected chi connectivity index (χ1v) is 11.3. The maximum atomic E-state index is 14.2. The van der Waals surface area contributed by atoms with Crippen molar-refractivity contribution in [2.45, 2.75) is 71.1 Å². The number of benzene rings is 1. The summed E-state index contributed by atoms with van der Waals surface area (Å²) in [6, 6.07) is 2.87. The van der Waals surface area contributed by atoms with Crippen LogP contribution in [0, 0.1) is 47.1 Å². The highest BCUT2D eigenvalue weighted by molar-refractivity contribution is 6.25. The fraction of sp³-hybridized carbons (Fsp3) is 0.600. The van der Waals surface area contributed by atoms with Crippen molar-refractivity contribution >= 4 is 11.6 Å². The molecule has 0 unspecified atom stereocenters. The van der Waals surface area contributed by atoms with Crippen LogP contribution in [0.3, 0.4) is 0 Å². The van der Waals surface area contributed by atoms with Crippen molar-refractivity contribution in [1.82, 2.24) is 0 Å². The fourth-order valence-corrected chi connectivity index (χ4v) is 5.20. The summed E-state index contributed by atoms with van der Waals surface area (Å²) in [7, 11) is 0. The second kappa shape index (κ2) is 10.4. The van der Waals surface area contributed by atoms with Gasteiger partial charge in [0.25, 0.3) is 0 Å². The molecule has 0 saturated heterocycles. The van der Waals surface area contributed by atoms with Crippen LogP contribution in [0.2, 0.25) is 0 Å². The number of halogens is 3. The Labute approximate surface area is 173 Å². The number of rotatable bonds is 4. The van der Waals surface area contributed by atoms with Crippen LogP contribution in [0.15, 0.2) is 23.7 Å². The minimum absolute atomic E-state index is 0.0624. The zero-order valence-corrected chi connectivity index (χ0v) is 17.6. The van der Waals surface area contributed by atoms with Gasteiger partial charge in [0.05, 0.1) is 5.56 Å². The molecule has 0 N–H and O–H groups in total. The average molecular weight is 405 g/mol. The SMILES string of the molecule is CCCc1cc(F)c(C#CC2CCC([C@H]3CC[C@H](/C=C/Cl)CC3)CC2)c(F)c1. The van der Waals surface area contributed by atoms with E-state index in [4.69, 9.17) is 11.6 Å². The number of allylic oxidation sites excluding steroid dienone is 1. The molecule has 0 heterocycles. The van der Waals surface area contributed by atoms with Crippen molar-refractivity contribution in [2.75, 3.05) is 0 Å². The molecular weight excluding hydrogens is 374 g/mol. The molecule has 3 heteroatoms. The van der Waals surface area contributed by atoms with Gasteiger partial charge in [-0.25, -0.2) is 8.78 Å². The highest BCUT2D eigenvalue weighted by Gasteiger charge is 2.29. The molecule has 1 aromatic rings. The molecule has 0 spiro atoms. The highest BCUT2D eigenvalue weighted by atomic mass is 35.5. The molecule has 2 fully saturated rings. The lowest BCUT2D eigenvalue weighted by Crippen LogP contribution is -2.25. The lowest BCUT2D eigenvalue weighted by Gasteiger charge is -2.36. The summed E-state index contributed by atoms with van der Waals surface area (Å²) in [6.45, 7) is 2.00. The summed E-state index contributed by atoms with van der Waals surface area (Å²) >= 11 is 5.71. The Balaban J connectivity index is 1.53. The molecule has 2 aliphatic carbocycles. The third-order valence-electron chi connectivity index (χ3n) is 6.64. The quantitative estimate of drug-likeness (QED) is 0.452. The van der Waals surface area contributed by atoms with Gasteiger partial charge in [-0.05, 0) is 93.2 Å². The Morgan fingerprint density at radius 2 is 1.54 bits per heavy atom. The third kappa shape index (κ3) is 5.60. The lowest BCUT2D eigenvalue weighted by atomic mass is 9.69. The smallest absolute Gasteiger partial charge is 0.142 e. The minimum Gasteiger partial charge on any atom is -0.206 e. The van der Waals surface area contributed by atoms with Crippen LogP contribution in [-0.4, -0.2) is 0 Å². The van der Waals surface area contributed by atoms with Gasteiger partial charge < -0.3 is 0 Å². The van der Waals surface area contributed by atoms with Gasteiger partial charge in [-0.3, -0.25) is 0 Å². The maximum Gasteiger partial charge on any atom is 0.142 e. The van der Waals surface area contributed by atoms with E-state index in [1.807, 2.05) is 6.92 Å². The highest BCUT2D eigenvalue weighted by Crippen LogP contribution is 2.41. The molecule has 0 aliphatic heterocycles. The Hall–Kier alpha value is -1.33. The van der Waals surface area contributed by atoms with Gasteiger partial charge in [-0.2, -0.15) is 0 Å². The van der Waals surface area contributed by atoms with Crippen molar-refractivity contribution in [2.24, 2.45) is 23.7 Å². The Morgan fingerprint density at radius 1 is 0.964 bits per heavy atom. The monoisotopic (exact) mass is 404 g/mol. The normalized spacial score (nSPS) is 28.1. The first-order valence-electron chi connectivity index (χ1n) is 10.9. The Kier molecular flexibility index (Phi) is 7.98. The molecule has 0 radical (unpaired) electrons. The van der Waals surface area contributed by atoms with Gasteiger partial charge >= 0.3 is 0 Å². The van der Waals surface area contributed by atoms with Crippen LogP contribution < -0.4 is 0 Å². The average Bonchev–Trinajstić information content (AvgIpc) is 2.69. The lowest BCUT2D eigenvalue weighted by molar-refractivity contribution is 0.168. The second-order valence-corrected chi connectivity index (χ2v) is 8.81. The second-order valence-electron chi connectivity index (χ2n) is 8.56. The zero-order chi connectivity index (χ0) is 19.9. The molecule has 0 nitrogen and oxygen atoms in total. The van der Waals surface area contributed by atoms with E-state index in [9.17, 15) is 8.78 Å². The van der Waals surface area contributed by atoms with Crippen LogP contribution in [0.4, 0.5) is 8.78 Å². The van der Waals surface area contributed by atoms with Gasteiger partial charge in [0, 0.05) is 11.5 Å². The summed E-state index contributed by atoms with van der Waals surface area (Å²) in [5.74, 6) is 7.48. The van der Waals surface area contributed by atoms with Crippen LogP contribution in [-0.2, 0) is 6.42 Å². The first kappa shape index (κ1) is 21.4. The van der Waals surface area contributed by atoms with E-state index >= 15 is 0 Å². The van der Waals surface area contributed by atoms with Crippen LogP contribution in [0.1, 0.15) is 75.8 Å². The van der Waals surface area contributed by atoms with Crippen molar-refractivity contribution in [1.29, 1.82) is 0 Å². The number of aryl methyl sites for hydroxylation is 1. The minimum atomic E-state index is -0.521. The van der Waals surface area contributed by atoms with Gasteiger partial charge in [0.1, 0.15) is 11.6 Å². The molecule has 2 aliphatic rings. The van der Waals surface area contributed by atoms with Crippen molar-refractivity contribution in [3.05, 3.63) is 46.5 Å². The largest absolute Gasteiger partial charge is 0.206 e. The zero-order valence-electron chi connectivity index (χ0n) is 16.8. The molecule has 0 aromatic heterocycles. The van der Waals surface area contributed by atoms with E-state index in [0.29, 0.717) is 17.9 Å². The van der Waals surface area contributed by atoms with E-state index in [0.717, 1.165) is 31.1 Å². The summed E-state index contributed by atoms with van der Waals surface area (Å²) in [5.41, 5.74) is 2.31. The van der Waals surface area contributed by atoms with Crippen LogP contribution in [0.5, 0.6) is 0 Å². The molecule has 0 atom stereocenters. The number of hydrogen-bond donors (Lipinski definition) is 0.